The van der Waals surface area contributed by atoms with Crippen LogP contribution in [0, 0.1) is 0 Å². The molecule has 0 aromatic rings. The molecule has 0 unspecified atom stereocenters. The lowest BCUT2D eigenvalue weighted by atomic mass is 10.1. The average Bonchev–Trinajstić information content (AvgIpc) is 2.14. The van der Waals surface area contributed by atoms with Crippen LogP contribution in [-0.4, -0.2) is 22.3 Å². The largest absolute Gasteiger partial charge is 0.370 e. The van der Waals surface area contributed by atoms with Crippen molar-refractivity contribution in [2.75, 3.05) is 5.75 Å². The second-order valence-electron chi connectivity index (χ2n) is 4.20. The molecule has 4 nitrogen and oxygen atoms in total. The SMILES string of the molecule is CC(C)(CCC(N)=O)SSCCCC(N)=O. The van der Waals surface area contributed by atoms with Gasteiger partial charge in [-0.25, -0.2) is 0 Å². The van der Waals surface area contributed by atoms with E-state index in [1.54, 1.807) is 21.6 Å². The van der Waals surface area contributed by atoms with Crippen LogP contribution in [0.15, 0.2) is 0 Å². The van der Waals surface area contributed by atoms with Gasteiger partial charge in [0, 0.05) is 23.3 Å². The van der Waals surface area contributed by atoms with Gasteiger partial charge in [0.15, 0.2) is 0 Å². The summed E-state index contributed by atoms with van der Waals surface area (Å²) in [5.41, 5.74) is 10.1. The zero-order chi connectivity index (χ0) is 12.6. The van der Waals surface area contributed by atoms with Crippen LogP contribution < -0.4 is 11.5 Å². The highest BCUT2D eigenvalue weighted by Crippen LogP contribution is 2.38. The van der Waals surface area contributed by atoms with Gasteiger partial charge in [-0.15, -0.1) is 0 Å². The maximum Gasteiger partial charge on any atom is 0.217 e. The molecule has 0 aromatic heterocycles. The molecule has 0 bridgehead atoms. The normalized spacial score (nSPS) is 11.4. The lowest BCUT2D eigenvalue weighted by Crippen LogP contribution is -2.19. The zero-order valence-corrected chi connectivity index (χ0v) is 11.5. The topological polar surface area (TPSA) is 86.2 Å². The van der Waals surface area contributed by atoms with E-state index < -0.39 is 0 Å². The van der Waals surface area contributed by atoms with E-state index in [0.717, 1.165) is 18.6 Å². The van der Waals surface area contributed by atoms with Crippen LogP contribution in [0.5, 0.6) is 0 Å². The average molecular weight is 264 g/mol. The van der Waals surface area contributed by atoms with Crippen molar-refractivity contribution in [3.8, 4) is 0 Å². The minimum Gasteiger partial charge on any atom is -0.370 e. The smallest absolute Gasteiger partial charge is 0.217 e. The summed E-state index contributed by atoms with van der Waals surface area (Å²) in [7, 11) is 3.44. The Morgan fingerprint density at radius 2 is 1.69 bits per heavy atom. The molecule has 0 radical (unpaired) electrons. The quantitative estimate of drug-likeness (QED) is 0.490. The minimum absolute atomic E-state index is 0.0341. The van der Waals surface area contributed by atoms with Crippen molar-refractivity contribution in [2.45, 2.75) is 44.3 Å². The van der Waals surface area contributed by atoms with Crippen molar-refractivity contribution < 1.29 is 9.59 Å². The number of hydrogen-bond acceptors (Lipinski definition) is 4. The van der Waals surface area contributed by atoms with Crippen molar-refractivity contribution in [3.63, 3.8) is 0 Å². The Morgan fingerprint density at radius 1 is 1.12 bits per heavy atom. The van der Waals surface area contributed by atoms with Crippen LogP contribution in [0.1, 0.15) is 39.5 Å². The van der Waals surface area contributed by atoms with E-state index in [9.17, 15) is 9.59 Å². The Kier molecular flexibility index (Phi) is 7.66. The van der Waals surface area contributed by atoms with Crippen molar-refractivity contribution in [2.24, 2.45) is 11.5 Å². The first kappa shape index (κ1) is 15.6. The Morgan fingerprint density at radius 3 is 2.19 bits per heavy atom. The van der Waals surface area contributed by atoms with E-state index in [4.69, 9.17) is 11.5 Å². The maximum absolute atomic E-state index is 10.7. The summed E-state index contributed by atoms with van der Waals surface area (Å²) in [6, 6.07) is 0. The van der Waals surface area contributed by atoms with Crippen molar-refractivity contribution >= 4 is 33.4 Å². The lowest BCUT2D eigenvalue weighted by Gasteiger charge is -2.22. The lowest BCUT2D eigenvalue weighted by molar-refractivity contribution is -0.119. The Bertz CT molecular complexity index is 245. The fraction of sp³-hybridized carbons (Fsp3) is 0.800. The number of nitrogens with two attached hydrogens (primary N) is 2. The summed E-state index contributed by atoms with van der Waals surface area (Å²) in [5, 5.41) is 0. The van der Waals surface area contributed by atoms with Gasteiger partial charge < -0.3 is 11.5 Å². The van der Waals surface area contributed by atoms with E-state index in [2.05, 4.69) is 13.8 Å². The first-order chi connectivity index (χ1) is 7.33. The highest BCUT2D eigenvalue weighted by molar-refractivity contribution is 8.77. The van der Waals surface area contributed by atoms with E-state index >= 15 is 0 Å². The molecule has 0 atom stereocenters. The second-order valence-corrected chi connectivity index (χ2v) is 7.32. The molecule has 6 heteroatoms. The molecule has 0 heterocycles. The minimum atomic E-state index is -0.257. The zero-order valence-electron chi connectivity index (χ0n) is 9.82. The molecule has 2 amide bonds. The third kappa shape index (κ3) is 10.2. The number of amides is 2. The number of hydrogen-bond donors (Lipinski definition) is 2. The molecule has 94 valence electrons. The molecule has 0 aliphatic heterocycles. The molecule has 4 N–H and O–H groups in total. The summed E-state index contributed by atoms with van der Waals surface area (Å²) in [4.78, 5) is 21.1. The third-order valence-corrected chi connectivity index (χ3v) is 5.34. The van der Waals surface area contributed by atoms with Gasteiger partial charge in [-0.1, -0.05) is 21.6 Å². The van der Waals surface area contributed by atoms with Crippen LogP contribution >= 0.6 is 21.6 Å². The van der Waals surface area contributed by atoms with Gasteiger partial charge in [0.25, 0.3) is 0 Å². The molecule has 0 aliphatic rings. The van der Waals surface area contributed by atoms with E-state index in [1.807, 2.05) is 0 Å². The van der Waals surface area contributed by atoms with Gasteiger partial charge in [-0.2, -0.15) is 0 Å². The Hall–Kier alpha value is -0.360. The van der Waals surface area contributed by atoms with Crippen LogP contribution in [-0.2, 0) is 9.59 Å². The molecule has 0 saturated carbocycles. The van der Waals surface area contributed by atoms with Crippen molar-refractivity contribution in [3.05, 3.63) is 0 Å². The van der Waals surface area contributed by atoms with E-state index in [1.165, 1.54) is 0 Å². The van der Waals surface area contributed by atoms with Gasteiger partial charge in [0.2, 0.25) is 11.8 Å². The molecule has 0 aromatic carbocycles. The molecule has 0 spiro atoms. The summed E-state index contributed by atoms with van der Waals surface area (Å²) < 4.78 is 0.0341. The number of carbonyl (C=O) groups excluding carboxylic acids is 2. The van der Waals surface area contributed by atoms with Gasteiger partial charge in [-0.05, 0) is 26.7 Å². The van der Waals surface area contributed by atoms with Crippen LogP contribution in [0.2, 0.25) is 0 Å². The van der Waals surface area contributed by atoms with Gasteiger partial charge in [0.1, 0.15) is 0 Å². The fourth-order valence-electron chi connectivity index (χ4n) is 0.972. The van der Waals surface area contributed by atoms with Gasteiger partial charge >= 0.3 is 0 Å². The summed E-state index contributed by atoms with van der Waals surface area (Å²) >= 11 is 0. The van der Waals surface area contributed by atoms with Crippen LogP contribution in [0.4, 0.5) is 0 Å². The predicted octanol–water partition coefficient (Wildman–Crippen LogP) is 1.68. The van der Waals surface area contributed by atoms with Crippen molar-refractivity contribution in [1.82, 2.24) is 0 Å². The Labute approximate surface area is 105 Å². The highest BCUT2D eigenvalue weighted by atomic mass is 33.1. The molecule has 0 fully saturated rings. The van der Waals surface area contributed by atoms with Crippen LogP contribution in [0.25, 0.3) is 0 Å². The standard InChI is InChI=1S/C10H20N2O2S2/c1-10(2,6-5-9(12)14)16-15-7-3-4-8(11)13/h3-7H2,1-2H3,(H2,11,13)(H2,12,14). The van der Waals surface area contributed by atoms with Crippen LogP contribution in [0.3, 0.4) is 0 Å². The summed E-state index contributed by atoms with van der Waals surface area (Å²) in [6.45, 7) is 4.17. The monoisotopic (exact) mass is 264 g/mol. The Balaban J connectivity index is 3.57. The number of rotatable bonds is 9. The predicted molar refractivity (Wildman–Crippen MR) is 71.0 cm³/mol. The first-order valence-corrected chi connectivity index (χ1v) is 7.52. The maximum atomic E-state index is 10.7. The van der Waals surface area contributed by atoms with Gasteiger partial charge in [-0.3, -0.25) is 9.59 Å². The van der Waals surface area contributed by atoms with Crippen molar-refractivity contribution in [1.29, 1.82) is 0 Å². The molecule has 0 aliphatic carbocycles. The fourth-order valence-corrected chi connectivity index (χ4v) is 3.63. The molecule has 0 rings (SSSR count). The second kappa shape index (κ2) is 7.84. The molecular formula is C10H20N2O2S2. The van der Waals surface area contributed by atoms with Gasteiger partial charge in [0.05, 0.1) is 0 Å². The van der Waals surface area contributed by atoms with E-state index in [0.29, 0.717) is 12.8 Å². The first-order valence-electron chi connectivity index (χ1n) is 5.21. The highest BCUT2D eigenvalue weighted by Gasteiger charge is 2.19. The molecule has 0 saturated heterocycles. The van der Waals surface area contributed by atoms with E-state index in [-0.39, 0.29) is 16.6 Å². The molecular weight excluding hydrogens is 244 g/mol. The third-order valence-electron chi connectivity index (χ3n) is 1.91. The number of carbonyl (C=O) groups is 2. The number of primary amides is 2. The molecule has 16 heavy (non-hydrogen) atoms. The summed E-state index contributed by atoms with van der Waals surface area (Å²) in [5.74, 6) is 0.388. The summed E-state index contributed by atoms with van der Waals surface area (Å²) in [6.07, 6.45) is 2.44.